The van der Waals surface area contributed by atoms with E-state index in [9.17, 15) is 9.18 Å². The van der Waals surface area contributed by atoms with Gasteiger partial charge in [0.2, 0.25) is 0 Å². The van der Waals surface area contributed by atoms with Crippen LogP contribution in [0, 0.1) is 12.7 Å². The molecule has 6 heteroatoms. The Kier molecular flexibility index (Phi) is 4.36. The van der Waals surface area contributed by atoms with Crippen LogP contribution < -0.4 is 16.6 Å². The number of benzene rings is 2. The Balaban J connectivity index is 2.33. The third kappa shape index (κ3) is 2.97. The largest absolute Gasteiger partial charge is 0.323 e. The lowest BCUT2D eigenvalue weighted by molar-refractivity contribution is 0.102. The molecule has 0 aromatic heterocycles. The van der Waals surface area contributed by atoms with Gasteiger partial charge in [-0.2, -0.15) is 0 Å². The van der Waals surface area contributed by atoms with Crippen LogP contribution in [0.3, 0.4) is 0 Å². The Morgan fingerprint density at radius 1 is 1.30 bits per heavy atom. The first-order valence-electron chi connectivity index (χ1n) is 5.85. The normalized spacial score (nSPS) is 10.2. The van der Waals surface area contributed by atoms with Crippen LogP contribution in [0.1, 0.15) is 15.9 Å². The lowest BCUT2D eigenvalue weighted by Crippen LogP contribution is -2.18. The molecule has 0 bridgehead atoms. The molecule has 0 radical (unpaired) electrons. The van der Waals surface area contributed by atoms with Crippen molar-refractivity contribution in [2.75, 3.05) is 10.7 Å². The van der Waals surface area contributed by atoms with Crippen LogP contribution in [0.15, 0.2) is 40.9 Å². The zero-order valence-corrected chi connectivity index (χ0v) is 12.3. The number of rotatable bonds is 3. The van der Waals surface area contributed by atoms with E-state index in [1.54, 1.807) is 30.3 Å². The summed E-state index contributed by atoms with van der Waals surface area (Å²) >= 11 is 3.20. The predicted octanol–water partition coefficient (Wildman–Crippen LogP) is 3.43. The maximum Gasteiger partial charge on any atom is 0.257 e. The van der Waals surface area contributed by atoms with Gasteiger partial charge in [-0.15, -0.1) is 0 Å². The Labute approximate surface area is 124 Å². The molecule has 0 aliphatic heterocycles. The summed E-state index contributed by atoms with van der Waals surface area (Å²) in [5, 5.41) is 2.53. The number of hydrogen-bond donors (Lipinski definition) is 3. The van der Waals surface area contributed by atoms with Crippen molar-refractivity contribution in [2.24, 2.45) is 5.84 Å². The van der Waals surface area contributed by atoms with Gasteiger partial charge in [0.1, 0.15) is 5.82 Å². The Morgan fingerprint density at radius 2 is 2.05 bits per heavy atom. The smallest absolute Gasteiger partial charge is 0.257 e. The number of amides is 1. The van der Waals surface area contributed by atoms with Gasteiger partial charge in [0.25, 0.3) is 5.91 Å². The zero-order valence-electron chi connectivity index (χ0n) is 10.7. The molecule has 2 rings (SSSR count). The molecule has 0 atom stereocenters. The second kappa shape index (κ2) is 6.02. The van der Waals surface area contributed by atoms with Crippen molar-refractivity contribution in [1.82, 2.24) is 0 Å². The van der Waals surface area contributed by atoms with E-state index in [2.05, 4.69) is 26.7 Å². The molecule has 0 saturated heterocycles. The zero-order chi connectivity index (χ0) is 14.7. The van der Waals surface area contributed by atoms with Gasteiger partial charge in [0.05, 0.1) is 16.9 Å². The minimum atomic E-state index is -0.512. The number of halogens is 2. The van der Waals surface area contributed by atoms with Gasteiger partial charge >= 0.3 is 0 Å². The first-order chi connectivity index (χ1) is 9.52. The van der Waals surface area contributed by atoms with Gasteiger partial charge in [0, 0.05) is 4.47 Å². The summed E-state index contributed by atoms with van der Waals surface area (Å²) in [6, 6.07) is 9.63. The summed E-state index contributed by atoms with van der Waals surface area (Å²) < 4.78 is 14.2. The Morgan fingerprint density at radius 3 is 2.70 bits per heavy atom. The molecule has 1 amide bonds. The molecule has 4 nitrogen and oxygen atoms in total. The highest BCUT2D eigenvalue weighted by atomic mass is 79.9. The highest BCUT2D eigenvalue weighted by Crippen LogP contribution is 2.26. The molecule has 0 aliphatic rings. The number of carbonyl (C=O) groups is 1. The molecule has 0 heterocycles. The molecule has 2 aromatic carbocycles. The predicted molar refractivity (Wildman–Crippen MR) is 81.0 cm³/mol. The summed E-state index contributed by atoms with van der Waals surface area (Å²) in [5.74, 6) is 4.44. The number of hydrogen-bond acceptors (Lipinski definition) is 3. The fraction of sp³-hybridized carbons (Fsp3) is 0.0714. The summed E-state index contributed by atoms with van der Waals surface area (Å²) in [6.45, 7) is 1.88. The van der Waals surface area contributed by atoms with Gasteiger partial charge in [-0.25, -0.2) is 4.39 Å². The maximum absolute atomic E-state index is 13.7. The Bertz CT molecular complexity index is 641. The van der Waals surface area contributed by atoms with Crippen molar-refractivity contribution >= 4 is 33.2 Å². The average Bonchev–Trinajstić information content (AvgIpc) is 2.42. The number of nitrogen functional groups attached to an aromatic ring is 1. The molecule has 0 aliphatic carbocycles. The van der Waals surface area contributed by atoms with Crippen LogP contribution in [-0.2, 0) is 0 Å². The average molecular weight is 338 g/mol. The summed E-state index contributed by atoms with van der Waals surface area (Å²) in [5.41, 5.74) is 4.35. The molecule has 0 spiro atoms. The monoisotopic (exact) mass is 337 g/mol. The van der Waals surface area contributed by atoms with Gasteiger partial charge in [-0.1, -0.05) is 12.1 Å². The quantitative estimate of drug-likeness (QED) is 0.593. The standard InChI is InChI=1S/C14H13BrFN3O/c1-8-5-6-9(12(7-8)19-17)14(20)18-13-10(15)3-2-4-11(13)16/h2-7,19H,17H2,1H3,(H,18,20). The van der Waals surface area contributed by atoms with Crippen LogP contribution >= 0.6 is 15.9 Å². The van der Waals surface area contributed by atoms with E-state index in [1.807, 2.05) is 6.92 Å². The summed E-state index contributed by atoms with van der Waals surface area (Å²) in [7, 11) is 0. The fourth-order valence-corrected chi connectivity index (χ4v) is 2.21. The Hall–Kier alpha value is -1.92. The molecule has 4 N–H and O–H groups in total. The first-order valence-corrected chi connectivity index (χ1v) is 6.65. The molecule has 0 saturated carbocycles. The molecule has 104 valence electrons. The second-order valence-electron chi connectivity index (χ2n) is 4.24. The van der Waals surface area contributed by atoms with E-state index in [-0.39, 0.29) is 5.69 Å². The number of nitrogens with one attached hydrogen (secondary N) is 2. The number of aryl methyl sites for hydroxylation is 1. The summed E-state index contributed by atoms with van der Waals surface area (Å²) in [4.78, 5) is 12.2. The van der Waals surface area contributed by atoms with Crippen LogP contribution in [-0.4, -0.2) is 5.91 Å². The topological polar surface area (TPSA) is 67.2 Å². The minimum absolute atomic E-state index is 0.0982. The van der Waals surface area contributed by atoms with Gasteiger partial charge < -0.3 is 10.7 Å². The van der Waals surface area contributed by atoms with Gasteiger partial charge in [-0.3, -0.25) is 10.6 Å². The number of nitrogens with two attached hydrogens (primary N) is 1. The SMILES string of the molecule is Cc1ccc(C(=O)Nc2c(F)cccc2Br)c(NN)c1. The van der Waals surface area contributed by atoms with Crippen molar-refractivity contribution in [2.45, 2.75) is 6.92 Å². The number of hydrazine groups is 1. The number of anilines is 2. The molecule has 2 aromatic rings. The minimum Gasteiger partial charge on any atom is -0.323 e. The van der Waals surface area contributed by atoms with Crippen LogP contribution in [0.25, 0.3) is 0 Å². The van der Waals surface area contributed by atoms with E-state index in [4.69, 9.17) is 5.84 Å². The van der Waals surface area contributed by atoms with Gasteiger partial charge in [0.15, 0.2) is 0 Å². The molecular weight excluding hydrogens is 325 g/mol. The lowest BCUT2D eigenvalue weighted by Gasteiger charge is -2.12. The van der Waals surface area contributed by atoms with Crippen molar-refractivity contribution in [3.05, 3.63) is 57.8 Å². The molecule has 0 unspecified atom stereocenters. The first kappa shape index (κ1) is 14.5. The highest BCUT2D eigenvalue weighted by Gasteiger charge is 2.15. The highest BCUT2D eigenvalue weighted by molar-refractivity contribution is 9.10. The van der Waals surface area contributed by atoms with E-state index < -0.39 is 11.7 Å². The molecule has 0 fully saturated rings. The lowest BCUT2D eigenvalue weighted by atomic mass is 10.1. The van der Waals surface area contributed by atoms with Gasteiger partial charge in [-0.05, 0) is 52.7 Å². The van der Waals surface area contributed by atoms with Crippen molar-refractivity contribution < 1.29 is 9.18 Å². The second-order valence-corrected chi connectivity index (χ2v) is 5.10. The van der Waals surface area contributed by atoms with Crippen molar-refractivity contribution in [3.63, 3.8) is 0 Å². The third-order valence-electron chi connectivity index (χ3n) is 2.78. The number of para-hydroxylation sites is 1. The third-order valence-corrected chi connectivity index (χ3v) is 3.44. The van der Waals surface area contributed by atoms with E-state index in [0.29, 0.717) is 15.7 Å². The van der Waals surface area contributed by atoms with E-state index in [1.165, 1.54) is 6.07 Å². The van der Waals surface area contributed by atoms with Crippen LogP contribution in [0.5, 0.6) is 0 Å². The van der Waals surface area contributed by atoms with E-state index >= 15 is 0 Å². The van der Waals surface area contributed by atoms with Crippen molar-refractivity contribution in [1.29, 1.82) is 0 Å². The van der Waals surface area contributed by atoms with Crippen LogP contribution in [0.4, 0.5) is 15.8 Å². The summed E-state index contributed by atoms with van der Waals surface area (Å²) in [6.07, 6.45) is 0. The maximum atomic E-state index is 13.7. The molecule has 20 heavy (non-hydrogen) atoms. The fourth-order valence-electron chi connectivity index (χ4n) is 1.77. The van der Waals surface area contributed by atoms with Crippen molar-refractivity contribution in [3.8, 4) is 0 Å². The van der Waals surface area contributed by atoms with Crippen LogP contribution in [0.2, 0.25) is 0 Å². The number of carbonyl (C=O) groups excluding carboxylic acids is 1. The molecular formula is C14H13BrFN3O. The van der Waals surface area contributed by atoms with E-state index in [0.717, 1.165) is 5.56 Å².